The molecule has 0 unspecified atom stereocenters. The second-order valence-corrected chi connectivity index (χ2v) is 7.78. The minimum absolute atomic E-state index is 0.158. The number of benzene rings is 3. The number of hydrogen-bond donors (Lipinski definition) is 2. The van der Waals surface area contributed by atoms with Gasteiger partial charge in [-0.15, -0.1) is 11.3 Å². The summed E-state index contributed by atoms with van der Waals surface area (Å²) in [4.78, 5) is 25.6. The smallest absolute Gasteiger partial charge is 0.348 e. The van der Waals surface area contributed by atoms with E-state index >= 15 is 0 Å². The SMILES string of the molecule is O=C(O)c1sc2cccc3c2c1NC(=O)C3(c1ccccc1)c1ccccc1. The molecule has 1 aromatic heterocycles. The first kappa shape index (κ1) is 16.7. The van der Waals surface area contributed by atoms with Gasteiger partial charge in [-0.2, -0.15) is 0 Å². The highest BCUT2D eigenvalue weighted by molar-refractivity contribution is 7.21. The van der Waals surface area contributed by atoms with E-state index in [1.807, 2.05) is 78.9 Å². The third kappa shape index (κ3) is 2.11. The van der Waals surface area contributed by atoms with Crippen LogP contribution in [0.1, 0.15) is 26.4 Å². The van der Waals surface area contributed by atoms with Crippen LogP contribution in [0.4, 0.5) is 5.69 Å². The molecule has 0 spiro atoms. The highest BCUT2D eigenvalue weighted by Gasteiger charge is 2.48. The van der Waals surface area contributed by atoms with Gasteiger partial charge in [0.1, 0.15) is 10.3 Å². The monoisotopic (exact) mass is 385 g/mol. The number of carboxylic acid groups (broad SMARTS) is 1. The maximum atomic E-state index is 13.7. The molecule has 3 aromatic carbocycles. The first-order valence-corrected chi connectivity index (χ1v) is 9.67. The lowest BCUT2D eigenvalue weighted by molar-refractivity contribution is -0.119. The number of rotatable bonds is 3. The Balaban J connectivity index is 1.96. The topological polar surface area (TPSA) is 66.4 Å². The van der Waals surface area contributed by atoms with Gasteiger partial charge >= 0.3 is 5.97 Å². The normalized spacial score (nSPS) is 14.6. The van der Waals surface area contributed by atoms with Crippen LogP contribution in [-0.2, 0) is 10.2 Å². The minimum atomic E-state index is -1.05. The summed E-state index contributed by atoms with van der Waals surface area (Å²) in [5, 5.41) is 13.4. The summed E-state index contributed by atoms with van der Waals surface area (Å²) in [6, 6.07) is 25.0. The van der Waals surface area contributed by atoms with Crippen molar-refractivity contribution in [3.05, 3.63) is 100 Å². The van der Waals surface area contributed by atoms with Crippen molar-refractivity contribution in [1.82, 2.24) is 0 Å². The van der Waals surface area contributed by atoms with E-state index in [-0.39, 0.29) is 10.8 Å². The van der Waals surface area contributed by atoms with Gasteiger partial charge in [-0.25, -0.2) is 4.79 Å². The molecule has 1 aliphatic rings. The fourth-order valence-electron chi connectivity index (χ4n) is 4.18. The van der Waals surface area contributed by atoms with Gasteiger partial charge in [0.05, 0.1) is 5.69 Å². The predicted molar refractivity (Wildman–Crippen MR) is 110 cm³/mol. The van der Waals surface area contributed by atoms with Gasteiger partial charge in [0.15, 0.2) is 0 Å². The molecule has 0 atom stereocenters. The average molecular weight is 385 g/mol. The van der Waals surface area contributed by atoms with E-state index in [0.29, 0.717) is 5.69 Å². The Hall–Kier alpha value is -3.44. The van der Waals surface area contributed by atoms with Crippen LogP contribution in [-0.4, -0.2) is 17.0 Å². The molecule has 4 nitrogen and oxygen atoms in total. The molecule has 0 bridgehead atoms. The number of carbonyl (C=O) groups excluding carboxylic acids is 1. The summed E-state index contributed by atoms with van der Waals surface area (Å²) >= 11 is 1.19. The maximum absolute atomic E-state index is 13.7. The largest absolute Gasteiger partial charge is 0.477 e. The Morgan fingerprint density at radius 3 is 2.04 bits per heavy atom. The second kappa shape index (κ2) is 6.04. The van der Waals surface area contributed by atoms with E-state index in [9.17, 15) is 14.7 Å². The molecule has 2 heterocycles. The molecular weight excluding hydrogens is 370 g/mol. The lowest BCUT2D eigenvalue weighted by Crippen LogP contribution is -2.45. The van der Waals surface area contributed by atoms with Crippen LogP contribution in [0.15, 0.2) is 78.9 Å². The third-order valence-corrected chi connectivity index (χ3v) is 6.45. The van der Waals surface area contributed by atoms with E-state index in [4.69, 9.17) is 0 Å². The molecule has 0 saturated heterocycles. The van der Waals surface area contributed by atoms with Crippen molar-refractivity contribution in [1.29, 1.82) is 0 Å². The first-order chi connectivity index (χ1) is 13.6. The van der Waals surface area contributed by atoms with E-state index in [1.165, 1.54) is 11.3 Å². The summed E-state index contributed by atoms with van der Waals surface area (Å²) in [6.45, 7) is 0. The number of carbonyl (C=O) groups is 2. The molecule has 0 saturated carbocycles. The highest BCUT2D eigenvalue weighted by Crippen LogP contribution is 2.51. The zero-order valence-corrected chi connectivity index (χ0v) is 15.5. The van der Waals surface area contributed by atoms with Crippen molar-refractivity contribution < 1.29 is 14.7 Å². The Morgan fingerprint density at radius 2 is 1.46 bits per heavy atom. The average Bonchev–Trinajstić information content (AvgIpc) is 3.10. The molecule has 1 aliphatic heterocycles. The second-order valence-electron chi connectivity index (χ2n) is 6.73. The number of carboxylic acids is 1. The van der Waals surface area contributed by atoms with E-state index in [1.54, 1.807) is 0 Å². The molecular formula is C23H15NO3S. The minimum Gasteiger partial charge on any atom is -0.477 e. The van der Waals surface area contributed by atoms with Crippen LogP contribution in [0, 0.1) is 0 Å². The zero-order valence-electron chi connectivity index (χ0n) is 14.7. The van der Waals surface area contributed by atoms with Crippen LogP contribution < -0.4 is 5.32 Å². The van der Waals surface area contributed by atoms with Gasteiger partial charge < -0.3 is 10.4 Å². The van der Waals surface area contributed by atoms with Gasteiger partial charge in [-0.1, -0.05) is 72.8 Å². The van der Waals surface area contributed by atoms with Crippen LogP contribution in [0.2, 0.25) is 0 Å². The molecule has 0 fully saturated rings. The Bertz CT molecular complexity index is 1190. The van der Waals surface area contributed by atoms with Gasteiger partial charge in [0, 0.05) is 10.1 Å². The quantitative estimate of drug-likeness (QED) is 0.528. The number of amides is 1. The number of thiophene rings is 1. The highest BCUT2D eigenvalue weighted by atomic mass is 32.1. The van der Waals surface area contributed by atoms with E-state index < -0.39 is 11.4 Å². The van der Waals surface area contributed by atoms with Crippen LogP contribution >= 0.6 is 11.3 Å². The number of nitrogens with one attached hydrogen (secondary N) is 1. The Labute approximate surface area is 165 Å². The van der Waals surface area contributed by atoms with Crippen molar-refractivity contribution in [3.8, 4) is 0 Å². The van der Waals surface area contributed by atoms with Gasteiger partial charge in [0.25, 0.3) is 0 Å². The molecule has 1 amide bonds. The number of hydrogen-bond acceptors (Lipinski definition) is 3. The first-order valence-electron chi connectivity index (χ1n) is 8.86. The maximum Gasteiger partial charge on any atom is 0.348 e. The van der Waals surface area contributed by atoms with Gasteiger partial charge in [0.2, 0.25) is 5.91 Å². The summed E-state index contributed by atoms with van der Waals surface area (Å²) in [5.41, 5.74) is 1.85. The van der Waals surface area contributed by atoms with Gasteiger partial charge in [-0.3, -0.25) is 4.79 Å². The summed E-state index contributed by atoms with van der Waals surface area (Å²) in [7, 11) is 0. The van der Waals surface area contributed by atoms with Gasteiger partial charge in [-0.05, 0) is 22.8 Å². The molecule has 28 heavy (non-hydrogen) atoms. The van der Waals surface area contributed by atoms with Crippen LogP contribution in [0.3, 0.4) is 0 Å². The fraction of sp³-hybridized carbons (Fsp3) is 0.0435. The molecule has 136 valence electrons. The zero-order chi connectivity index (χ0) is 19.3. The number of aromatic carboxylic acids is 1. The Morgan fingerprint density at radius 1 is 0.857 bits per heavy atom. The van der Waals surface area contributed by atoms with E-state index in [2.05, 4.69) is 5.32 Å². The van der Waals surface area contributed by atoms with Crippen molar-refractivity contribution in [3.63, 3.8) is 0 Å². The van der Waals surface area contributed by atoms with Crippen molar-refractivity contribution >= 4 is 39.0 Å². The van der Waals surface area contributed by atoms with Crippen molar-refractivity contribution in [2.45, 2.75) is 5.41 Å². The standard InChI is InChI=1S/C23H15NO3S/c25-21(26)20-19-18-16(12-7-13-17(18)28-20)23(22(27)24-19,14-8-3-1-4-9-14)15-10-5-2-6-11-15/h1-13H,(H,24,27)(H,25,26). The lowest BCUT2D eigenvalue weighted by Gasteiger charge is -2.37. The summed E-state index contributed by atoms with van der Waals surface area (Å²) in [5.74, 6) is -1.28. The number of anilines is 1. The molecule has 0 radical (unpaired) electrons. The fourth-order valence-corrected chi connectivity index (χ4v) is 5.20. The molecule has 5 rings (SSSR count). The Kier molecular flexibility index (Phi) is 3.60. The van der Waals surface area contributed by atoms with Crippen LogP contribution in [0.5, 0.6) is 0 Å². The molecule has 4 aromatic rings. The summed E-state index contributed by atoms with van der Waals surface area (Å²) in [6.07, 6.45) is 0. The summed E-state index contributed by atoms with van der Waals surface area (Å²) < 4.78 is 0.848. The molecule has 5 heteroatoms. The predicted octanol–water partition coefficient (Wildman–Crippen LogP) is 4.89. The molecule has 2 N–H and O–H groups in total. The third-order valence-electron chi connectivity index (χ3n) is 5.31. The van der Waals surface area contributed by atoms with Crippen molar-refractivity contribution in [2.75, 3.05) is 5.32 Å². The van der Waals surface area contributed by atoms with Crippen LogP contribution in [0.25, 0.3) is 10.1 Å². The molecule has 0 aliphatic carbocycles. The lowest BCUT2D eigenvalue weighted by atomic mass is 9.66. The van der Waals surface area contributed by atoms with Crippen molar-refractivity contribution in [2.24, 2.45) is 0 Å². The van der Waals surface area contributed by atoms with E-state index in [0.717, 1.165) is 26.8 Å².